The number of aromatic nitrogens is 2. The molecule has 1 aromatic heterocycles. The van der Waals surface area contributed by atoms with Crippen LogP contribution in [0.2, 0.25) is 0 Å². The molecule has 254 valence electrons. The molecule has 16 nitrogen and oxygen atoms in total. The predicted molar refractivity (Wildman–Crippen MR) is 153 cm³/mol. The number of likely N-dealkylation sites (tertiary alicyclic amines) is 1. The minimum absolute atomic E-state index is 0.00607. The summed E-state index contributed by atoms with van der Waals surface area (Å²) in [5.74, 6) is -4.81. The third-order valence-electron chi connectivity index (χ3n) is 7.44. The molecule has 0 unspecified atom stereocenters. The molecule has 0 bridgehead atoms. The number of hydrogen-bond donors (Lipinski definition) is 4. The summed E-state index contributed by atoms with van der Waals surface area (Å²) in [6.45, 7) is -2.09. The zero-order chi connectivity index (χ0) is 34.3. The van der Waals surface area contributed by atoms with Crippen molar-refractivity contribution < 1.29 is 56.9 Å². The molecule has 2 atom stereocenters. The standard InChI is InChI=1S/C28H32F3N7O9/c29-28(30,31)16-32-25(43)20-7-4-8-37(20)21(39)15-47-22-13-18(34-38(22)17-5-2-1-3-6-17)24(42)33-19(14-23(40)41)26(44)35-9-11-36(12-10-35)27(45)46/h1-3,5-6,13,19-20H,4,7-12,14-16H2,(H,32,43)(H,33,42)(H,40,41)(H,45,46)/t19-,20-/m0/s1. The first-order chi connectivity index (χ1) is 22.2. The van der Waals surface area contributed by atoms with Crippen molar-refractivity contribution in [1.82, 2.24) is 35.1 Å². The molecule has 2 aromatic rings. The number of carbonyl (C=O) groups is 6. The number of nitrogens with one attached hydrogen (secondary N) is 2. The van der Waals surface area contributed by atoms with Gasteiger partial charge in [-0.3, -0.25) is 24.0 Å². The van der Waals surface area contributed by atoms with E-state index in [1.165, 1.54) is 9.58 Å². The number of nitrogens with zero attached hydrogens (tertiary/aromatic N) is 5. The highest BCUT2D eigenvalue weighted by molar-refractivity contribution is 5.97. The van der Waals surface area contributed by atoms with E-state index in [2.05, 4.69) is 10.4 Å². The number of ether oxygens (including phenoxy) is 1. The van der Waals surface area contributed by atoms with Crippen LogP contribution in [0.3, 0.4) is 0 Å². The maximum atomic E-state index is 13.3. The van der Waals surface area contributed by atoms with Crippen LogP contribution in [-0.2, 0) is 19.2 Å². The number of rotatable bonds is 11. The molecule has 2 aliphatic heterocycles. The summed E-state index contributed by atoms with van der Waals surface area (Å²) in [7, 11) is 0. The molecule has 19 heteroatoms. The third-order valence-corrected chi connectivity index (χ3v) is 7.44. The molecule has 5 amide bonds. The minimum Gasteiger partial charge on any atom is -0.481 e. The fourth-order valence-corrected chi connectivity index (χ4v) is 5.14. The smallest absolute Gasteiger partial charge is 0.407 e. The van der Waals surface area contributed by atoms with E-state index < -0.39 is 73.5 Å². The van der Waals surface area contributed by atoms with Crippen LogP contribution >= 0.6 is 0 Å². The number of para-hydroxylation sites is 1. The van der Waals surface area contributed by atoms with Crippen molar-refractivity contribution >= 4 is 35.7 Å². The van der Waals surface area contributed by atoms with Gasteiger partial charge in [-0.2, -0.15) is 18.3 Å². The molecule has 0 saturated carbocycles. The molecular weight excluding hydrogens is 635 g/mol. The lowest BCUT2D eigenvalue weighted by molar-refractivity contribution is -0.145. The number of hydrogen-bond acceptors (Lipinski definition) is 8. The van der Waals surface area contributed by atoms with Gasteiger partial charge in [0.2, 0.25) is 17.7 Å². The Balaban J connectivity index is 1.48. The topological polar surface area (TPSA) is 204 Å². The first-order valence-corrected chi connectivity index (χ1v) is 14.4. The third kappa shape index (κ3) is 9.10. The summed E-state index contributed by atoms with van der Waals surface area (Å²) in [5.41, 5.74) is 0.0924. The van der Waals surface area contributed by atoms with Crippen LogP contribution in [0, 0.1) is 0 Å². The Kier molecular flexibility index (Phi) is 10.9. The number of aliphatic carboxylic acids is 1. The molecule has 0 spiro atoms. The van der Waals surface area contributed by atoms with Gasteiger partial charge in [-0.05, 0) is 25.0 Å². The Morgan fingerprint density at radius 2 is 1.64 bits per heavy atom. The molecule has 4 rings (SSSR count). The highest BCUT2D eigenvalue weighted by atomic mass is 19.4. The maximum absolute atomic E-state index is 13.3. The first-order valence-electron chi connectivity index (χ1n) is 14.4. The van der Waals surface area contributed by atoms with Gasteiger partial charge in [0.05, 0.1) is 12.1 Å². The van der Waals surface area contributed by atoms with Gasteiger partial charge in [-0.15, -0.1) is 0 Å². The molecule has 0 radical (unpaired) electrons. The molecule has 2 saturated heterocycles. The second-order valence-electron chi connectivity index (χ2n) is 10.7. The van der Waals surface area contributed by atoms with Crippen LogP contribution in [0.15, 0.2) is 36.4 Å². The van der Waals surface area contributed by atoms with Crippen molar-refractivity contribution in [2.24, 2.45) is 0 Å². The number of benzene rings is 1. The van der Waals surface area contributed by atoms with Crippen LogP contribution < -0.4 is 15.4 Å². The van der Waals surface area contributed by atoms with Gasteiger partial charge in [-0.1, -0.05) is 18.2 Å². The minimum atomic E-state index is -4.62. The van der Waals surface area contributed by atoms with Crippen molar-refractivity contribution in [3.05, 3.63) is 42.1 Å². The molecule has 1 aromatic carbocycles. The van der Waals surface area contributed by atoms with Gasteiger partial charge in [0.1, 0.15) is 18.6 Å². The van der Waals surface area contributed by atoms with Gasteiger partial charge in [-0.25, -0.2) is 9.48 Å². The fraction of sp³-hybridized carbons (Fsp3) is 0.464. The van der Waals surface area contributed by atoms with Crippen molar-refractivity contribution in [3.63, 3.8) is 0 Å². The molecule has 2 aliphatic rings. The summed E-state index contributed by atoms with van der Waals surface area (Å²) in [6, 6.07) is 6.76. The molecular formula is C28H32F3N7O9. The van der Waals surface area contributed by atoms with Crippen LogP contribution in [0.25, 0.3) is 5.69 Å². The lowest BCUT2D eigenvalue weighted by atomic mass is 10.1. The monoisotopic (exact) mass is 667 g/mol. The van der Waals surface area contributed by atoms with E-state index >= 15 is 0 Å². The Labute approximate surface area is 265 Å². The van der Waals surface area contributed by atoms with E-state index in [9.17, 15) is 47.0 Å². The number of halogens is 3. The Morgan fingerprint density at radius 3 is 2.26 bits per heavy atom. The summed E-state index contributed by atoms with van der Waals surface area (Å²) in [5, 5.41) is 26.9. The molecule has 47 heavy (non-hydrogen) atoms. The van der Waals surface area contributed by atoms with Crippen molar-refractivity contribution in [1.29, 1.82) is 0 Å². The molecule has 4 N–H and O–H groups in total. The lowest BCUT2D eigenvalue weighted by Crippen LogP contribution is -2.56. The second-order valence-corrected chi connectivity index (χ2v) is 10.7. The van der Waals surface area contributed by atoms with Gasteiger partial charge in [0, 0.05) is 38.8 Å². The highest BCUT2D eigenvalue weighted by Crippen LogP contribution is 2.22. The number of carboxylic acids is 1. The molecule has 3 heterocycles. The highest BCUT2D eigenvalue weighted by Gasteiger charge is 2.37. The van der Waals surface area contributed by atoms with E-state index in [0.29, 0.717) is 12.1 Å². The van der Waals surface area contributed by atoms with Crippen LogP contribution in [0.4, 0.5) is 18.0 Å². The van der Waals surface area contributed by atoms with Crippen molar-refractivity contribution in [2.75, 3.05) is 45.9 Å². The lowest BCUT2D eigenvalue weighted by Gasteiger charge is -2.35. The summed E-state index contributed by atoms with van der Waals surface area (Å²) >= 11 is 0. The van der Waals surface area contributed by atoms with Gasteiger partial charge < -0.3 is 40.3 Å². The Bertz CT molecular complexity index is 1490. The Morgan fingerprint density at radius 1 is 0.979 bits per heavy atom. The number of carboxylic acid groups (broad SMARTS) is 2. The van der Waals surface area contributed by atoms with Crippen molar-refractivity contribution in [2.45, 2.75) is 37.5 Å². The van der Waals surface area contributed by atoms with Gasteiger partial charge in [0.15, 0.2) is 12.3 Å². The molecule has 2 fully saturated rings. The van der Waals surface area contributed by atoms with Gasteiger partial charge >= 0.3 is 18.2 Å². The largest absolute Gasteiger partial charge is 0.481 e. The second kappa shape index (κ2) is 14.8. The SMILES string of the molecule is O=C(O)C[C@H](NC(=O)c1cc(OCC(=O)N2CCC[C@H]2C(=O)NCC(F)(F)F)n(-c2ccccc2)n1)C(=O)N1CCN(C(=O)O)CC1. The number of carbonyl (C=O) groups excluding carboxylic acids is 4. The summed E-state index contributed by atoms with van der Waals surface area (Å²) in [4.78, 5) is 78.0. The average molecular weight is 668 g/mol. The van der Waals surface area contributed by atoms with Gasteiger partial charge in [0.25, 0.3) is 11.8 Å². The van der Waals surface area contributed by atoms with Crippen LogP contribution in [-0.4, -0.2) is 135 Å². The predicted octanol–water partition coefficient (Wildman–Crippen LogP) is 0.316. The zero-order valence-electron chi connectivity index (χ0n) is 24.8. The van der Waals surface area contributed by atoms with E-state index in [1.807, 2.05) is 0 Å². The van der Waals surface area contributed by atoms with E-state index in [-0.39, 0.29) is 50.7 Å². The fourth-order valence-electron chi connectivity index (χ4n) is 5.14. The normalized spacial score (nSPS) is 17.2. The average Bonchev–Trinajstić information content (AvgIpc) is 3.70. The van der Waals surface area contributed by atoms with Crippen molar-refractivity contribution in [3.8, 4) is 11.6 Å². The number of alkyl halides is 3. The molecule has 0 aliphatic carbocycles. The van der Waals surface area contributed by atoms with Crippen LogP contribution in [0.1, 0.15) is 29.8 Å². The quantitative estimate of drug-likeness (QED) is 0.258. The Hall–Kier alpha value is -5.36. The number of amides is 5. The number of piperazine rings is 1. The maximum Gasteiger partial charge on any atom is 0.407 e. The first kappa shape index (κ1) is 34.5. The van der Waals surface area contributed by atoms with E-state index in [1.54, 1.807) is 35.6 Å². The van der Waals surface area contributed by atoms with Crippen LogP contribution in [0.5, 0.6) is 5.88 Å². The van der Waals surface area contributed by atoms with E-state index in [4.69, 9.17) is 9.84 Å². The summed E-state index contributed by atoms with van der Waals surface area (Å²) in [6.07, 6.45) is -6.01. The summed E-state index contributed by atoms with van der Waals surface area (Å²) < 4.78 is 44.6. The van der Waals surface area contributed by atoms with E-state index in [0.717, 1.165) is 15.9 Å². The zero-order valence-corrected chi connectivity index (χ0v) is 24.8.